The molecule has 2 rings (SSSR count). The molecule has 0 atom stereocenters. The summed E-state index contributed by atoms with van der Waals surface area (Å²) < 4.78 is 1.95. The van der Waals surface area contributed by atoms with E-state index in [-0.39, 0.29) is 0 Å². The Morgan fingerprint density at radius 1 is 1.54 bits per heavy atom. The van der Waals surface area contributed by atoms with Gasteiger partial charge in [-0.05, 0) is 6.07 Å². The van der Waals surface area contributed by atoms with Crippen LogP contribution in [0.3, 0.4) is 0 Å². The van der Waals surface area contributed by atoms with Crippen molar-refractivity contribution in [3.05, 3.63) is 24.8 Å². The number of aldehydes is 1. The molecule has 0 N–H and O–H groups in total. The van der Waals surface area contributed by atoms with Crippen LogP contribution in [0.1, 0.15) is 6.42 Å². The number of pyridine rings is 1. The average Bonchev–Trinajstić information content (AvgIpc) is 2.58. The molecule has 0 fully saturated rings. The second-order valence-electron chi connectivity index (χ2n) is 2.76. The van der Waals surface area contributed by atoms with Crippen LogP contribution in [0.4, 0.5) is 0 Å². The number of fused-ring (bicyclic) bond motifs is 1. The molecule has 0 spiro atoms. The van der Waals surface area contributed by atoms with Crippen molar-refractivity contribution in [3.63, 3.8) is 0 Å². The Labute approximate surface area is 75.2 Å². The van der Waals surface area contributed by atoms with E-state index in [2.05, 4.69) is 9.97 Å². The Morgan fingerprint density at radius 3 is 3.31 bits per heavy atom. The lowest BCUT2D eigenvalue weighted by Gasteiger charge is -1.98. The number of carbonyl (C=O) groups excluding carboxylic acids is 1. The molecule has 0 saturated carbocycles. The van der Waals surface area contributed by atoms with Gasteiger partial charge in [-0.25, -0.2) is 4.98 Å². The van der Waals surface area contributed by atoms with Crippen molar-refractivity contribution in [3.8, 4) is 0 Å². The second kappa shape index (κ2) is 3.35. The zero-order chi connectivity index (χ0) is 9.10. The lowest BCUT2D eigenvalue weighted by atomic mass is 10.4. The van der Waals surface area contributed by atoms with Crippen LogP contribution in [0.15, 0.2) is 24.8 Å². The van der Waals surface area contributed by atoms with Gasteiger partial charge in [0.05, 0.1) is 18.0 Å². The Kier molecular flexibility index (Phi) is 2.04. The van der Waals surface area contributed by atoms with E-state index in [9.17, 15) is 4.79 Å². The van der Waals surface area contributed by atoms with Crippen LogP contribution < -0.4 is 0 Å². The quantitative estimate of drug-likeness (QED) is 0.654. The number of rotatable bonds is 3. The summed E-state index contributed by atoms with van der Waals surface area (Å²) in [5, 5.41) is 0. The van der Waals surface area contributed by atoms with E-state index in [4.69, 9.17) is 0 Å². The van der Waals surface area contributed by atoms with Crippen molar-refractivity contribution < 1.29 is 4.79 Å². The van der Waals surface area contributed by atoms with Gasteiger partial charge in [0.25, 0.3) is 0 Å². The highest BCUT2D eigenvalue weighted by Gasteiger charge is 1.99. The van der Waals surface area contributed by atoms with E-state index in [1.807, 2.05) is 10.6 Å². The maximum absolute atomic E-state index is 10.2. The molecule has 2 heterocycles. The number of hydrogen-bond donors (Lipinski definition) is 0. The first-order valence-corrected chi connectivity index (χ1v) is 4.10. The molecule has 0 radical (unpaired) electrons. The Bertz CT molecular complexity index is 421. The lowest BCUT2D eigenvalue weighted by molar-refractivity contribution is -0.108. The predicted molar refractivity (Wildman–Crippen MR) is 48.2 cm³/mol. The molecule has 0 aliphatic heterocycles. The van der Waals surface area contributed by atoms with Crippen LogP contribution in [0.2, 0.25) is 0 Å². The first kappa shape index (κ1) is 7.91. The van der Waals surface area contributed by atoms with E-state index in [1.54, 1.807) is 18.7 Å². The van der Waals surface area contributed by atoms with Gasteiger partial charge in [-0.2, -0.15) is 0 Å². The normalized spacial score (nSPS) is 10.5. The SMILES string of the molecule is O=CCCn1cnc2cnccc21. The summed E-state index contributed by atoms with van der Waals surface area (Å²) in [5.41, 5.74) is 1.89. The average molecular weight is 175 g/mol. The third-order valence-corrected chi connectivity index (χ3v) is 1.91. The smallest absolute Gasteiger partial charge is 0.121 e. The molecule has 0 amide bonds. The number of aryl methyl sites for hydroxylation is 1. The minimum atomic E-state index is 0.522. The van der Waals surface area contributed by atoms with Gasteiger partial charge in [-0.3, -0.25) is 4.98 Å². The molecule has 4 nitrogen and oxygen atoms in total. The van der Waals surface area contributed by atoms with Gasteiger partial charge >= 0.3 is 0 Å². The highest BCUT2D eigenvalue weighted by atomic mass is 16.1. The lowest BCUT2D eigenvalue weighted by Crippen LogP contribution is -1.95. The van der Waals surface area contributed by atoms with Gasteiger partial charge in [0.15, 0.2) is 0 Å². The maximum atomic E-state index is 10.2. The van der Waals surface area contributed by atoms with Crippen molar-refractivity contribution in [2.24, 2.45) is 0 Å². The van der Waals surface area contributed by atoms with Crippen molar-refractivity contribution in [1.82, 2.24) is 14.5 Å². The standard InChI is InChI=1S/C9H9N3O/c13-5-1-4-12-7-11-8-6-10-3-2-9(8)12/h2-3,5-7H,1,4H2. The van der Waals surface area contributed by atoms with Gasteiger partial charge in [0, 0.05) is 19.2 Å². The number of nitrogens with zero attached hydrogens (tertiary/aromatic N) is 3. The molecule has 13 heavy (non-hydrogen) atoms. The summed E-state index contributed by atoms with van der Waals surface area (Å²) in [6, 6.07) is 1.90. The number of hydrogen-bond acceptors (Lipinski definition) is 3. The molecule has 2 aromatic rings. The van der Waals surface area contributed by atoms with Gasteiger partial charge < -0.3 is 9.36 Å². The Morgan fingerprint density at radius 2 is 2.46 bits per heavy atom. The van der Waals surface area contributed by atoms with Crippen LogP contribution in [0, 0.1) is 0 Å². The molecule has 0 aliphatic carbocycles. The van der Waals surface area contributed by atoms with Crippen molar-refractivity contribution >= 4 is 17.3 Å². The Hall–Kier alpha value is -1.71. The maximum Gasteiger partial charge on any atom is 0.121 e. The first-order chi connectivity index (χ1) is 6.42. The summed E-state index contributed by atoms with van der Waals surface area (Å²) in [6.45, 7) is 0.685. The molecule has 0 bridgehead atoms. The zero-order valence-corrected chi connectivity index (χ0v) is 7.05. The summed E-state index contributed by atoms with van der Waals surface area (Å²) >= 11 is 0. The third-order valence-electron chi connectivity index (χ3n) is 1.91. The topological polar surface area (TPSA) is 47.8 Å². The van der Waals surface area contributed by atoms with Crippen molar-refractivity contribution in [2.45, 2.75) is 13.0 Å². The largest absolute Gasteiger partial charge is 0.330 e. The fourth-order valence-corrected chi connectivity index (χ4v) is 1.29. The predicted octanol–water partition coefficient (Wildman–Crippen LogP) is 1.02. The first-order valence-electron chi connectivity index (χ1n) is 4.10. The van der Waals surface area contributed by atoms with Crippen molar-refractivity contribution in [2.75, 3.05) is 0 Å². The third kappa shape index (κ3) is 1.42. The van der Waals surface area contributed by atoms with Gasteiger partial charge in [0.2, 0.25) is 0 Å². The minimum Gasteiger partial charge on any atom is -0.330 e. The fourth-order valence-electron chi connectivity index (χ4n) is 1.29. The van der Waals surface area contributed by atoms with E-state index in [0.29, 0.717) is 13.0 Å². The molecular weight excluding hydrogens is 166 g/mol. The Balaban J connectivity index is 2.40. The molecule has 0 aromatic carbocycles. The van der Waals surface area contributed by atoms with Crippen LogP contribution in [0.25, 0.3) is 11.0 Å². The van der Waals surface area contributed by atoms with Crippen LogP contribution in [0.5, 0.6) is 0 Å². The molecule has 66 valence electrons. The van der Waals surface area contributed by atoms with Crippen LogP contribution in [-0.4, -0.2) is 20.8 Å². The van der Waals surface area contributed by atoms with E-state index in [1.165, 1.54) is 0 Å². The van der Waals surface area contributed by atoms with Gasteiger partial charge in [-0.1, -0.05) is 0 Å². The van der Waals surface area contributed by atoms with Crippen molar-refractivity contribution in [1.29, 1.82) is 0 Å². The molecule has 0 unspecified atom stereocenters. The number of imidazole rings is 1. The summed E-state index contributed by atoms with van der Waals surface area (Å²) in [7, 11) is 0. The van der Waals surface area contributed by atoms with E-state index in [0.717, 1.165) is 17.3 Å². The molecule has 4 heteroatoms. The number of carbonyl (C=O) groups is 1. The van der Waals surface area contributed by atoms with Gasteiger partial charge in [-0.15, -0.1) is 0 Å². The molecule has 0 saturated heterocycles. The molecular formula is C9H9N3O. The van der Waals surface area contributed by atoms with E-state index < -0.39 is 0 Å². The molecule has 2 aromatic heterocycles. The fraction of sp³-hybridized carbons (Fsp3) is 0.222. The zero-order valence-electron chi connectivity index (χ0n) is 7.05. The minimum absolute atomic E-state index is 0.522. The van der Waals surface area contributed by atoms with Gasteiger partial charge in [0.1, 0.15) is 11.8 Å². The highest BCUT2D eigenvalue weighted by molar-refractivity contribution is 5.73. The highest BCUT2D eigenvalue weighted by Crippen LogP contribution is 2.09. The summed E-state index contributed by atoms with van der Waals surface area (Å²) in [6.07, 6.45) is 6.60. The summed E-state index contributed by atoms with van der Waals surface area (Å²) in [4.78, 5) is 18.3. The van der Waals surface area contributed by atoms with Crippen LogP contribution in [-0.2, 0) is 11.3 Å². The monoisotopic (exact) mass is 175 g/mol. The van der Waals surface area contributed by atoms with E-state index >= 15 is 0 Å². The number of aromatic nitrogens is 3. The summed E-state index contributed by atoms with van der Waals surface area (Å²) in [5.74, 6) is 0. The van der Waals surface area contributed by atoms with Crippen LogP contribution >= 0.6 is 0 Å². The molecule has 0 aliphatic rings. The second-order valence-corrected chi connectivity index (χ2v) is 2.76.